The summed E-state index contributed by atoms with van der Waals surface area (Å²) < 4.78 is 59.4. The Hall–Kier alpha value is -4.67. The van der Waals surface area contributed by atoms with Gasteiger partial charge in [-0.3, -0.25) is 4.72 Å². The smallest absolute Gasteiger partial charge is 0.229 e. The summed E-state index contributed by atoms with van der Waals surface area (Å²) in [5, 5.41) is 19.2. The average molecular weight is 661 g/mol. The van der Waals surface area contributed by atoms with E-state index in [4.69, 9.17) is 19.9 Å². The number of aliphatic hydroxyl groups is 1. The number of hydrogen-bond donors (Lipinski definition) is 3. The predicted octanol–water partition coefficient (Wildman–Crippen LogP) is 5.74. The number of sulfonamides is 1. The average Bonchev–Trinajstić information content (AvgIpc) is 3.56. The van der Waals surface area contributed by atoms with Crippen molar-refractivity contribution in [3.8, 4) is 23.3 Å². The van der Waals surface area contributed by atoms with Crippen LogP contribution >= 0.6 is 0 Å². The van der Waals surface area contributed by atoms with Crippen molar-refractivity contribution < 1.29 is 32.1 Å². The number of hydrogen-bond acceptors (Lipinski definition) is 9. The first-order chi connectivity index (χ1) is 22.5. The molecule has 2 unspecified atom stereocenters. The standard InChI is InChI=1S/C35H37FN4O6S/c1-23-32(39-47(2,42)43)4-3-5-33(23)40(19-25-8-6-24(18-37)7-9-25)20-26-10-11-34(31(36)14-26)46-30-16-28(35(38)41)15-29(17-30)45-22-27-12-13-44-21-27/h3-11,14-17,27,35,39,41H,12-13,19-22,38H2,1-2H3. The molecule has 1 aliphatic rings. The number of benzene rings is 4. The van der Waals surface area contributed by atoms with Gasteiger partial charge in [0.1, 0.15) is 17.7 Å². The van der Waals surface area contributed by atoms with Crippen molar-refractivity contribution in [1.29, 1.82) is 5.26 Å². The number of anilines is 2. The molecule has 1 saturated heterocycles. The van der Waals surface area contributed by atoms with Gasteiger partial charge in [0.15, 0.2) is 11.6 Å². The van der Waals surface area contributed by atoms with Crippen molar-refractivity contribution in [3.05, 3.63) is 112 Å². The number of rotatable bonds is 13. The molecule has 0 aliphatic carbocycles. The molecule has 5 rings (SSSR count). The number of ether oxygens (including phenoxy) is 3. The molecule has 1 heterocycles. The topological polar surface area (TPSA) is 147 Å². The van der Waals surface area contributed by atoms with Gasteiger partial charge in [0.05, 0.1) is 36.8 Å². The van der Waals surface area contributed by atoms with Crippen molar-refractivity contribution in [2.75, 3.05) is 35.7 Å². The van der Waals surface area contributed by atoms with Gasteiger partial charge in [0, 0.05) is 42.9 Å². The van der Waals surface area contributed by atoms with Crippen LogP contribution in [0, 0.1) is 30.0 Å². The lowest BCUT2D eigenvalue weighted by Gasteiger charge is -2.28. The second-order valence-electron chi connectivity index (χ2n) is 11.6. The summed E-state index contributed by atoms with van der Waals surface area (Å²) in [7, 11) is -3.52. The minimum atomic E-state index is -3.52. The molecule has 0 bridgehead atoms. The van der Waals surface area contributed by atoms with Crippen LogP contribution in [0.1, 0.15) is 40.5 Å². The highest BCUT2D eigenvalue weighted by Gasteiger charge is 2.19. The third-order valence-corrected chi connectivity index (χ3v) is 8.34. The van der Waals surface area contributed by atoms with Crippen LogP contribution in [-0.2, 0) is 27.8 Å². The van der Waals surface area contributed by atoms with Crippen LogP contribution in [0.25, 0.3) is 0 Å². The van der Waals surface area contributed by atoms with Gasteiger partial charge in [0.2, 0.25) is 10.0 Å². The van der Waals surface area contributed by atoms with Gasteiger partial charge < -0.3 is 30.0 Å². The molecule has 10 nitrogen and oxygen atoms in total. The van der Waals surface area contributed by atoms with E-state index in [0.717, 1.165) is 23.9 Å². The van der Waals surface area contributed by atoms with Gasteiger partial charge >= 0.3 is 0 Å². The van der Waals surface area contributed by atoms with Gasteiger partial charge in [-0.1, -0.05) is 24.3 Å². The number of nitrogens with zero attached hydrogens (tertiary/aromatic N) is 2. The molecule has 0 amide bonds. The predicted molar refractivity (Wildman–Crippen MR) is 177 cm³/mol. The molecule has 1 aliphatic heterocycles. The lowest BCUT2D eigenvalue weighted by Crippen LogP contribution is -2.23. The Morgan fingerprint density at radius 1 is 1.09 bits per heavy atom. The third kappa shape index (κ3) is 9.21. The molecular weight excluding hydrogens is 623 g/mol. The molecule has 1 fully saturated rings. The zero-order chi connectivity index (χ0) is 33.6. The fraction of sp³-hybridized carbons (Fsp3) is 0.286. The van der Waals surface area contributed by atoms with E-state index in [1.807, 2.05) is 30.0 Å². The second kappa shape index (κ2) is 14.8. The Balaban J connectivity index is 1.39. The van der Waals surface area contributed by atoms with Gasteiger partial charge in [-0.25, -0.2) is 12.8 Å². The Morgan fingerprint density at radius 3 is 2.47 bits per heavy atom. The summed E-state index contributed by atoms with van der Waals surface area (Å²) in [6.45, 7) is 4.24. The molecule has 2 atom stereocenters. The third-order valence-electron chi connectivity index (χ3n) is 7.75. The van der Waals surface area contributed by atoms with Crippen molar-refractivity contribution in [3.63, 3.8) is 0 Å². The van der Waals surface area contributed by atoms with Gasteiger partial charge in [0.25, 0.3) is 0 Å². The van der Waals surface area contributed by atoms with Crippen LogP contribution < -0.4 is 24.8 Å². The second-order valence-corrected chi connectivity index (χ2v) is 13.3. The number of nitriles is 1. The largest absolute Gasteiger partial charge is 0.493 e. The normalized spacial score (nSPS) is 15.1. The SMILES string of the molecule is Cc1c(NS(C)(=O)=O)cccc1N(Cc1ccc(C#N)cc1)Cc1ccc(Oc2cc(OCC3CCOC3)cc(C(N)O)c2)c(F)c1. The zero-order valence-corrected chi connectivity index (χ0v) is 27.0. The minimum absolute atomic E-state index is 0.0262. The monoisotopic (exact) mass is 660 g/mol. The maximum absolute atomic E-state index is 15.6. The lowest BCUT2D eigenvalue weighted by atomic mass is 10.1. The molecule has 4 aromatic carbocycles. The molecule has 4 aromatic rings. The first-order valence-corrected chi connectivity index (χ1v) is 16.9. The van der Waals surface area contributed by atoms with E-state index in [0.29, 0.717) is 60.1 Å². The van der Waals surface area contributed by atoms with E-state index >= 15 is 4.39 Å². The Morgan fingerprint density at radius 2 is 1.81 bits per heavy atom. The van der Waals surface area contributed by atoms with Crippen molar-refractivity contribution in [1.82, 2.24) is 0 Å². The molecule has 4 N–H and O–H groups in total. The fourth-order valence-electron chi connectivity index (χ4n) is 5.32. The quantitative estimate of drug-likeness (QED) is 0.153. The van der Waals surface area contributed by atoms with Crippen LogP contribution in [0.4, 0.5) is 15.8 Å². The number of halogens is 1. The van der Waals surface area contributed by atoms with Crippen LogP contribution in [0.2, 0.25) is 0 Å². The molecule has 47 heavy (non-hydrogen) atoms. The van der Waals surface area contributed by atoms with Crippen LogP contribution in [0.15, 0.2) is 78.9 Å². The maximum Gasteiger partial charge on any atom is 0.229 e. The Bertz CT molecular complexity index is 1860. The van der Waals surface area contributed by atoms with E-state index in [9.17, 15) is 18.8 Å². The van der Waals surface area contributed by atoms with Gasteiger partial charge in [-0.2, -0.15) is 5.26 Å². The minimum Gasteiger partial charge on any atom is -0.493 e. The van der Waals surface area contributed by atoms with Crippen LogP contribution in [-0.4, -0.2) is 39.6 Å². The molecule has 0 aromatic heterocycles. The van der Waals surface area contributed by atoms with Crippen molar-refractivity contribution in [2.24, 2.45) is 11.7 Å². The van der Waals surface area contributed by atoms with Gasteiger partial charge in [-0.15, -0.1) is 0 Å². The number of aliphatic hydroxyl groups excluding tert-OH is 1. The lowest BCUT2D eigenvalue weighted by molar-refractivity contribution is 0.166. The highest BCUT2D eigenvalue weighted by Crippen LogP contribution is 2.33. The summed E-state index contributed by atoms with van der Waals surface area (Å²) in [6.07, 6.45) is 0.710. The fourth-order valence-corrected chi connectivity index (χ4v) is 5.94. The molecule has 0 radical (unpaired) electrons. The summed E-state index contributed by atoms with van der Waals surface area (Å²) in [4.78, 5) is 2.00. The highest BCUT2D eigenvalue weighted by molar-refractivity contribution is 7.92. The van der Waals surface area contributed by atoms with Crippen LogP contribution in [0.3, 0.4) is 0 Å². The molecule has 12 heteroatoms. The summed E-state index contributed by atoms with van der Waals surface area (Å²) in [6, 6.07) is 24.0. The van der Waals surface area contributed by atoms with E-state index < -0.39 is 22.1 Å². The highest BCUT2D eigenvalue weighted by atomic mass is 32.2. The number of nitrogens with two attached hydrogens (primary N) is 1. The summed E-state index contributed by atoms with van der Waals surface area (Å²) in [5.41, 5.74) is 10.0. The first-order valence-electron chi connectivity index (χ1n) is 15.0. The number of nitrogens with one attached hydrogen (secondary N) is 1. The summed E-state index contributed by atoms with van der Waals surface area (Å²) in [5.74, 6) is 0.322. The van der Waals surface area contributed by atoms with E-state index in [-0.39, 0.29) is 24.0 Å². The molecule has 246 valence electrons. The van der Waals surface area contributed by atoms with Crippen molar-refractivity contribution >= 4 is 21.4 Å². The first kappa shape index (κ1) is 33.7. The van der Waals surface area contributed by atoms with E-state index in [1.54, 1.807) is 42.5 Å². The molecule has 0 saturated carbocycles. The van der Waals surface area contributed by atoms with Crippen LogP contribution in [0.5, 0.6) is 17.2 Å². The maximum atomic E-state index is 15.6. The summed E-state index contributed by atoms with van der Waals surface area (Å²) >= 11 is 0. The Labute approximate surface area is 274 Å². The van der Waals surface area contributed by atoms with Gasteiger partial charge in [-0.05, 0) is 78.6 Å². The molecular formula is C35H37FN4O6S. The van der Waals surface area contributed by atoms with E-state index in [1.165, 1.54) is 18.2 Å². The zero-order valence-electron chi connectivity index (χ0n) is 26.1. The Kier molecular flexibility index (Phi) is 10.6. The van der Waals surface area contributed by atoms with E-state index in [2.05, 4.69) is 10.8 Å². The molecule has 0 spiro atoms. The van der Waals surface area contributed by atoms with Crippen molar-refractivity contribution in [2.45, 2.75) is 32.7 Å².